The molecule has 0 fully saturated rings. The molecule has 2 aromatic carbocycles. The lowest BCUT2D eigenvalue weighted by atomic mass is 10.1. The molecule has 2 aromatic rings. The number of benzene rings is 2. The summed E-state index contributed by atoms with van der Waals surface area (Å²) < 4.78 is 5.35. The summed E-state index contributed by atoms with van der Waals surface area (Å²) in [5.74, 6) is 0.594. The highest BCUT2D eigenvalue weighted by molar-refractivity contribution is 6.31. The first-order valence-electron chi connectivity index (χ1n) is 8.24. The third-order valence-corrected chi connectivity index (χ3v) is 4.21. The molecule has 1 amide bonds. The number of ketones is 1. The van der Waals surface area contributed by atoms with E-state index < -0.39 is 0 Å². The van der Waals surface area contributed by atoms with E-state index in [1.165, 1.54) is 0 Å². The van der Waals surface area contributed by atoms with Crippen molar-refractivity contribution >= 4 is 23.3 Å². The molecule has 0 aliphatic rings. The number of nitrogens with zero attached hydrogens (tertiary/aromatic N) is 1. The van der Waals surface area contributed by atoms with Crippen LogP contribution in [-0.4, -0.2) is 30.2 Å². The third kappa shape index (κ3) is 5.61. The van der Waals surface area contributed by atoms with Crippen molar-refractivity contribution in [3.8, 4) is 5.75 Å². The number of rotatable bonds is 8. The van der Waals surface area contributed by atoms with Gasteiger partial charge in [-0.25, -0.2) is 0 Å². The van der Waals surface area contributed by atoms with Crippen molar-refractivity contribution in [2.45, 2.75) is 26.3 Å². The average molecular weight is 360 g/mol. The fourth-order valence-electron chi connectivity index (χ4n) is 2.43. The van der Waals surface area contributed by atoms with Gasteiger partial charge in [0, 0.05) is 37.0 Å². The second-order valence-electron chi connectivity index (χ2n) is 5.72. The third-order valence-electron chi connectivity index (χ3n) is 3.84. The van der Waals surface area contributed by atoms with Crippen molar-refractivity contribution in [2.24, 2.45) is 0 Å². The zero-order valence-corrected chi connectivity index (χ0v) is 15.3. The Morgan fingerprint density at radius 3 is 2.36 bits per heavy atom. The predicted molar refractivity (Wildman–Crippen MR) is 99.1 cm³/mol. The molecule has 132 valence electrons. The van der Waals surface area contributed by atoms with E-state index in [1.807, 2.05) is 25.1 Å². The number of hydrogen-bond acceptors (Lipinski definition) is 3. The van der Waals surface area contributed by atoms with Gasteiger partial charge in [-0.1, -0.05) is 29.8 Å². The lowest BCUT2D eigenvalue weighted by Crippen LogP contribution is -2.26. The normalized spacial score (nSPS) is 10.4. The summed E-state index contributed by atoms with van der Waals surface area (Å²) >= 11 is 6.11. The van der Waals surface area contributed by atoms with Gasteiger partial charge in [0.25, 0.3) is 0 Å². The van der Waals surface area contributed by atoms with Crippen molar-refractivity contribution in [1.29, 1.82) is 0 Å². The topological polar surface area (TPSA) is 46.6 Å². The van der Waals surface area contributed by atoms with Gasteiger partial charge >= 0.3 is 0 Å². The highest BCUT2D eigenvalue weighted by Crippen LogP contribution is 2.18. The molecule has 0 radical (unpaired) electrons. The first-order chi connectivity index (χ1) is 12.0. The van der Waals surface area contributed by atoms with Crippen LogP contribution in [0.4, 0.5) is 0 Å². The van der Waals surface area contributed by atoms with E-state index in [-0.39, 0.29) is 24.5 Å². The van der Waals surface area contributed by atoms with Crippen molar-refractivity contribution in [2.75, 3.05) is 13.7 Å². The Kier molecular flexibility index (Phi) is 7.02. The van der Waals surface area contributed by atoms with Gasteiger partial charge in [-0.2, -0.15) is 0 Å². The van der Waals surface area contributed by atoms with Gasteiger partial charge in [-0.3, -0.25) is 9.59 Å². The van der Waals surface area contributed by atoms with Crippen LogP contribution < -0.4 is 4.74 Å². The van der Waals surface area contributed by atoms with Crippen molar-refractivity contribution in [3.05, 3.63) is 64.7 Å². The van der Waals surface area contributed by atoms with Gasteiger partial charge in [0.15, 0.2) is 5.78 Å². The van der Waals surface area contributed by atoms with Crippen LogP contribution >= 0.6 is 11.6 Å². The molecule has 0 atom stereocenters. The lowest BCUT2D eigenvalue weighted by molar-refractivity contribution is -0.130. The Morgan fingerprint density at radius 1 is 1.04 bits per heavy atom. The predicted octanol–water partition coefficient (Wildman–Crippen LogP) is 4.36. The fraction of sp³-hybridized carbons (Fsp3) is 0.300. The van der Waals surface area contributed by atoms with Crippen molar-refractivity contribution in [3.63, 3.8) is 0 Å². The largest absolute Gasteiger partial charge is 0.494 e. The van der Waals surface area contributed by atoms with E-state index in [1.54, 1.807) is 42.3 Å². The Hall–Kier alpha value is -2.33. The van der Waals surface area contributed by atoms with Gasteiger partial charge in [-0.05, 0) is 42.8 Å². The molecular weight excluding hydrogens is 338 g/mol. The minimum absolute atomic E-state index is 0.0532. The first-order valence-corrected chi connectivity index (χ1v) is 8.62. The highest BCUT2D eigenvalue weighted by Gasteiger charge is 2.14. The Labute approximate surface area is 153 Å². The van der Waals surface area contributed by atoms with Crippen molar-refractivity contribution < 1.29 is 14.3 Å². The average Bonchev–Trinajstić information content (AvgIpc) is 2.62. The van der Waals surface area contributed by atoms with Gasteiger partial charge in [0.1, 0.15) is 5.75 Å². The molecular formula is C20H22ClNO3. The van der Waals surface area contributed by atoms with Crippen LogP contribution in [0.3, 0.4) is 0 Å². The summed E-state index contributed by atoms with van der Waals surface area (Å²) in [6.07, 6.45) is 0.354. The Balaban J connectivity index is 1.86. The summed E-state index contributed by atoms with van der Waals surface area (Å²) in [4.78, 5) is 26.1. The van der Waals surface area contributed by atoms with E-state index in [2.05, 4.69) is 0 Å². The zero-order chi connectivity index (χ0) is 18.2. The van der Waals surface area contributed by atoms with Crippen LogP contribution in [0.15, 0.2) is 48.5 Å². The molecule has 25 heavy (non-hydrogen) atoms. The number of carbonyl (C=O) groups is 2. The monoisotopic (exact) mass is 359 g/mol. The SMILES string of the molecule is CCOc1ccc(C(=O)CCC(=O)N(C)Cc2ccccc2Cl)cc1. The van der Waals surface area contributed by atoms with Crippen LogP contribution in [0.5, 0.6) is 5.75 Å². The Morgan fingerprint density at radius 2 is 1.72 bits per heavy atom. The molecule has 0 spiro atoms. The molecule has 0 saturated heterocycles. The summed E-state index contributed by atoms with van der Waals surface area (Å²) in [7, 11) is 1.72. The second kappa shape index (κ2) is 9.23. The molecule has 2 rings (SSSR count). The number of halogens is 1. The van der Waals surface area contributed by atoms with Crippen LogP contribution in [0.1, 0.15) is 35.7 Å². The number of hydrogen-bond donors (Lipinski definition) is 0. The smallest absolute Gasteiger partial charge is 0.223 e. The highest BCUT2D eigenvalue weighted by atomic mass is 35.5. The molecule has 0 aliphatic heterocycles. The van der Waals surface area contributed by atoms with E-state index in [9.17, 15) is 9.59 Å². The maximum atomic E-state index is 12.2. The van der Waals surface area contributed by atoms with Crippen LogP contribution in [0, 0.1) is 0 Å². The van der Waals surface area contributed by atoms with E-state index in [0.29, 0.717) is 23.7 Å². The van der Waals surface area contributed by atoms with Crippen LogP contribution in [0.2, 0.25) is 5.02 Å². The quantitative estimate of drug-likeness (QED) is 0.658. The van der Waals surface area contributed by atoms with Crippen LogP contribution in [-0.2, 0) is 11.3 Å². The number of Topliss-reactive ketones (excluding diaryl/α,β-unsaturated/α-hetero) is 1. The minimum atomic E-state index is -0.0841. The molecule has 0 heterocycles. The number of ether oxygens (including phenoxy) is 1. The van der Waals surface area contributed by atoms with E-state index in [4.69, 9.17) is 16.3 Å². The number of carbonyl (C=O) groups excluding carboxylic acids is 2. The molecule has 4 nitrogen and oxygen atoms in total. The van der Waals surface area contributed by atoms with Gasteiger partial charge in [0.2, 0.25) is 5.91 Å². The molecule has 0 saturated carbocycles. The van der Waals surface area contributed by atoms with Crippen molar-refractivity contribution in [1.82, 2.24) is 4.90 Å². The standard InChI is InChI=1S/C20H22ClNO3/c1-3-25-17-10-8-15(9-11-17)19(23)12-13-20(24)22(2)14-16-6-4-5-7-18(16)21/h4-11H,3,12-14H2,1-2H3. The maximum absolute atomic E-state index is 12.2. The Bertz CT molecular complexity index is 728. The lowest BCUT2D eigenvalue weighted by Gasteiger charge is -2.18. The molecule has 5 heteroatoms. The molecule has 0 N–H and O–H groups in total. The summed E-state index contributed by atoms with van der Waals surface area (Å²) in [6.45, 7) is 2.92. The number of amides is 1. The zero-order valence-electron chi connectivity index (χ0n) is 14.5. The van der Waals surface area contributed by atoms with Gasteiger partial charge < -0.3 is 9.64 Å². The summed E-state index contributed by atoms with van der Waals surface area (Å²) in [5.41, 5.74) is 1.47. The first kappa shape index (κ1) is 19.0. The maximum Gasteiger partial charge on any atom is 0.223 e. The van der Waals surface area contributed by atoms with Gasteiger partial charge in [-0.15, -0.1) is 0 Å². The van der Waals surface area contributed by atoms with E-state index in [0.717, 1.165) is 11.3 Å². The molecule has 0 unspecified atom stereocenters. The second-order valence-corrected chi connectivity index (χ2v) is 6.13. The summed E-state index contributed by atoms with van der Waals surface area (Å²) in [5, 5.41) is 0.632. The molecule has 0 bridgehead atoms. The molecule has 0 aliphatic carbocycles. The minimum Gasteiger partial charge on any atom is -0.494 e. The molecule has 0 aromatic heterocycles. The van der Waals surface area contributed by atoms with E-state index >= 15 is 0 Å². The van der Waals surface area contributed by atoms with Crippen LogP contribution in [0.25, 0.3) is 0 Å². The fourth-order valence-corrected chi connectivity index (χ4v) is 2.63. The van der Waals surface area contributed by atoms with Gasteiger partial charge in [0.05, 0.1) is 6.61 Å². The summed E-state index contributed by atoms with van der Waals surface area (Å²) in [6, 6.07) is 14.4.